The van der Waals surface area contributed by atoms with Gasteiger partial charge in [-0.3, -0.25) is 5.41 Å². The van der Waals surface area contributed by atoms with Crippen LogP contribution in [0.4, 0.5) is 4.39 Å². The van der Waals surface area contributed by atoms with Gasteiger partial charge in [0.2, 0.25) is 5.62 Å². The maximum atomic E-state index is 13.0. The molecule has 0 aliphatic rings. The van der Waals surface area contributed by atoms with Gasteiger partial charge in [0.05, 0.1) is 24.1 Å². The third-order valence-electron chi connectivity index (χ3n) is 4.85. The standard InChI is InChI=1S/C23H21BrFN3O2/c24-17-5-3-4-16(12-17)13-27-21-6-1-2-7-22(21)28(23(27)26)14-19(29)15-30-20-10-8-18(25)9-11-20/h1-12,19,26,29H,13-15H2. The summed E-state index contributed by atoms with van der Waals surface area (Å²) in [5.74, 6) is 0.152. The van der Waals surface area contributed by atoms with Crippen molar-refractivity contribution in [1.82, 2.24) is 9.13 Å². The van der Waals surface area contributed by atoms with Gasteiger partial charge in [-0.25, -0.2) is 4.39 Å². The Hall–Kier alpha value is -2.90. The molecule has 1 unspecified atom stereocenters. The lowest BCUT2D eigenvalue weighted by atomic mass is 10.2. The van der Waals surface area contributed by atoms with Crippen molar-refractivity contribution in [3.8, 4) is 5.75 Å². The van der Waals surface area contributed by atoms with E-state index >= 15 is 0 Å². The van der Waals surface area contributed by atoms with Crippen LogP contribution in [0.15, 0.2) is 77.3 Å². The van der Waals surface area contributed by atoms with Gasteiger partial charge in [0, 0.05) is 4.47 Å². The summed E-state index contributed by atoms with van der Waals surface area (Å²) in [4.78, 5) is 0. The Morgan fingerprint density at radius 2 is 1.67 bits per heavy atom. The number of nitrogens with one attached hydrogen (secondary N) is 1. The van der Waals surface area contributed by atoms with Gasteiger partial charge in [-0.2, -0.15) is 0 Å². The fraction of sp³-hybridized carbons (Fsp3) is 0.174. The molecule has 0 bridgehead atoms. The van der Waals surface area contributed by atoms with Gasteiger partial charge in [-0.15, -0.1) is 0 Å². The molecule has 0 saturated heterocycles. The molecule has 0 radical (unpaired) electrons. The van der Waals surface area contributed by atoms with Gasteiger partial charge < -0.3 is 19.0 Å². The summed E-state index contributed by atoms with van der Waals surface area (Å²) in [6, 6.07) is 21.4. The minimum atomic E-state index is -0.825. The molecule has 0 fully saturated rings. The first kappa shape index (κ1) is 20.4. The summed E-state index contributed by atoms with van der Waals surface area (Å²) in [7, 11) is 0. The number of fused-ring (bicyclic) bond motifs is 1. The normalized spacial score (nSPS) is 12.2. The molecule has 2 N–H and O–H groups in total. The van der Waals surface area contributed by atoms with Crippen molar-refractivity contribution >= 4 is 27.0 Å². The van der Waals surface area contributed by atoms with Gasteiger partial charge in [-0.1, -0.05) is 40.2 Å². The maximum absolute atomic E-state index is 13.0. The summed E-state index contributed by atoms with van der Waals surface area (Å²) in [6.07, 6.45) is -0.825. The zero-order valence-electron chi connectivity index (χ0n) is 16.1. The summed E-state index contributed by atoms with van der Waals surface area (Å²) >= 11 is 3.49. The van der Waals surface area contributed by atoms with Gasteiger partial charge in [0.25, 0.3) is 0 Å². The van der Waals surface area contributed by atoms with Crippen LogP contribution in [0.3, 0.4) is 0 Å². The highest BCUT2D eigenvalue weighted by molar-refractivity contribution is 9.10. The Kier molecular flexibility index (Phi) is 6.01. The number of imidazole rings is 1. The van der Waals surface area contributed by atoms with Crippen molar-refractivity contribution in [2.75, 3.05) is 6.61 Å². The average Bonchev–Trinajstić information content (AvgIpc) is 2.99. The second kappa shape index (κ2) is 8.85. The molecule has 1 atom stereocenters. The summed E-state index contributed by atoms with van der Waals surface area (Å²) in [5.41, 5.74) is 3.18. The Morgan fingerprint density at radius 1 is 0.967 bits per heavy atom. The van der Waals surface area contributed by atoms with E-state index in [4.69, 9.17) is 10.1 Å². The van der Waals surface area contributed by atoms with Crippen LogP contribution >= 0.6 is 15.9 Å². The van der Waals surface area contributed by atoms with E-state index in [9.17, 15) is 9.50 Å². The highest BCUT2D eigenvalue weighted by Crippen LogP contribution is 2.18. The minimum absolute atomic E-state index is 0.0449. The van der Waals surface area contributed by atoms with Gasteiger partial charge in [0.1, 0.15) is 24.3 Å². The Labute approximate surface area is 181 Å². The molecule has 0 aliphatic carbocycles. The molecular formula is C23H21BrFN3O2. The van der Waals surface area contributed by atoms with Gasteiger partial charge in [-0.05, 0) is 54.1 Å². The number of rotatable bonds is 7. The van der Waals surface area contributed by atoms with E-state index < -0.39 is 6.10 Å². The quantitative estimate of drug-likeness (QED) is 0.423. The second-order valence-electron chi connectivity index (χ2n) is 7.06. The van der Waals surface area contributed by atoms with Crippen LogP contribution in [0.2, 0.25) is 0 Å². The van der Waals surface area contributed by atoms with Crippen LogP contribution in [0, 0.1) is 11.2 Å². The van der Waals surface area contributed by atoms with Crippen LogP contribution in [0.5, 0.6) is 5.75 Å². The Morgan fingerprint density at radius 3 is 2.37 bits per heavy atom. The number of aromatic nitrogens is 2. The van der Waals surface area contributed by atoms with Gasteiger partial charge in [0.15, 0.2) is 0 Å². The van der Waals surface area contributed by atoms with E-state index in [0.29, 0.717) is 17.9 Å². The molecule has 7 heteroatoms. The lowest BCUT2D eigenvalue weighted by Crippen LogP contribution is -2.31. The second-order valence-corrected chi connectivity index (χ2v) is 7.97. The van der Waals surface area contributed by atoms with Crippen molar-refractivity contribution in [2.24, 2.45) is 0 Å². The fourth-order valence-corrected chi connectivity index (χ4v) is 3.89. The number of ether oxygens (including phenoxy) is 1. The molecule has 0 saturated carbocycles. The average molecular weight is 470 g/mol. The van der Waals surface area contributed by atoms with Crippen molar-refractivity contribution in [3.05, 3.63) is 94.3 Å². The third kappa shape index (κ3) is 4.47. The van der Waals surface area contributed by atoms with Crippen molar-refractivity contribution < 1.29 is 14.2 Å². The number of aliphatic hydroxyl groups excluding tert-OH is 1. The molecule has 4 aromatic rings. The zero-order chi connectivity index (χ0) is 21.1. The summed E-state index contributed by atoms with van der Waals surface area (Å²) in [5, 5.41) is 19.2. The van der Waals surface area contributed by atoms with Gasteiger partial charge >= 0.3 is 0 Å². The SMILES string of the molecule is N=c1n(Cc2cccc(Br)c2)c2ccccc2n1CC(O)COc1ccc(F)cc1. The molecule has 0 spiro atoms. The smallest absolute Gasteiger partial charge is 0.203 e. The minimum Gasteiger partial charge on any atom is -0.491 e. The van der Waals surface area contributed by atoms with Crippen molar-refractivity contribution in [1.29, 1.82) is 5.41 Å². The first-order valence-corrected chi connectivity index (χ1v) is 10.3. The third-order valence-corrected chi connectivity index (χ3v) is 5.35. The van der Waals surface area contributed by atoms with Crippen molar-refractivity contribution in [3.63, 3.8) is 0 Å². The number of benzene rings is 3. The van der Waals surface area contributed by atoms with Crippen LogP contribution in [-0.4, -0.2) is 27.0 Å². The number of aliphatic hydroxyl groups is 1. The van der Waals surface area contributed by atoms with Crippen molar-refractivity contribution in [2.45, 2.75) is 19.2 Å². The first-order valence-electron chi connectivity index (χ1n) is 9.55. The first-order chi connectivity index (χ1) is 14.5. The zero-order valence-corrected chi connectivity index (χ0v) is 17.7. The largest absolute Gasteiger partial charge is 0.491 e. The van der Waals surface area contributed by atoms with E-state index in [2.05, 4.69) is 15.9 Å². The molecule has 30 heavy (non-hydrogen) atoms. The maximum Gasteiger partial charge on any atom is 0.203 e. The Balaban J connectivity index is 1.57. The molecule has 4 rings (SSSR count). The number of para-hydroxylation sites is 2. The number of hydrogen-bond donors (Lipinski definition) is 2. The molecule has 1 aromatic heterocycles. The molecule has 0 aliphatic heterocycles. The number of hydrogen-bond acceptors (Lipinski definition) is 3. The number of nitrogens with zero attached hydrogens (tertiary/aromatic N) is 2. The predicted octanol–water partition coefficient (Wildman–Crippen LogP) is 4.31. The Bertz CT molecular complexity index is 1220. The molecule has 154 valence electrons. The molecule has 1 heterocycles. The highest BCUT2D eigenvalue weighted by Gasteiger charge is 2.15. The lowest BCUT2D eigenvalue weighted by molar-refractivity contribution is 0.0921. The summed E-state index contributed by atoms with van der Waals surface area (Å²) < 4.78 is 23.3. The predicted molar refractivity (Wildman–Crippen MR) is 117 cm³/mol. The van der Waals surface area contributed by atoms with E-state index in [0.717, 1.165) is 21.1 Å². The molecular weight excluding hydrogens is 449 g/mol. The monoisotopic (exact) mass is 469 g/mol. The van der Waals surface area contributed by atoms with Crippen LogP contribution in [0.1, 0.15) is 5.56 Å². The summed E-state index contributed by atoms with van der Waals surface area (Å²) in [6.45, 7) is 0.809. The van der Waals surface area contributed by atoms with E-state index in [1.54, 1.807) is 4.57 Å². The van der Waals surface area contributed by atoms with E-state index in [1.807, 2.05) is 53.1 Å². The van der Waals surface area contributed by atoms with Crippen LogP contribution in [0.25, 0.3) is 11.0 Å². The number of halogens is 2. The molecule has 0 amide bonds. The topological polar surface area (TPSA) is 63.2 Å². The van der Waals surface area contributed by atoms with E-state index in [1.165, 1.54) is 24.3 Å². The molecule has 3 aromatic carbocycles. The van der Waals surface area contributed by atoms with Crippen LogP contribution in [-0.2, 0) is 13.1 Å². The fourth-order valence-electron chi connectivity index (χ4n) is 3.44. The highest BCUT2D eigenvalue weighted by atomic mass is 79.9. The van der Waals surface area contributed by atoms with E-state index in [-0.39, 0.29) is 19.0 Å². The molecule has 5 nitrogen and oxygen atoms in total. The lowest BCUT2D eigenvalue weighted by Gasteiger charge is -2.14. The van der Waals surface area contributed by atoms with Crippen LogP contribution < -0.4 is 10.4 Å².